The summed E-state index contributed by atoms with van der Waals surface area (Å²) in [5, 5.41) is 13.3. The van der Waals surface area contributed by atoms with Crippen molar-refractivity contribution in [1.29, 1.82) is 0 Å². The summed E-state index contributed by atoms with van der Waals surface area (Å²) in [7, 11) is 0. The Labute approximate surface area is 92.6 Å². The molecule has 0 atom stereocenters. The van der Waals surface area contributed by atoms with Gasteiger partial charge in [0, 0.05) is 17.5 Å². The van der Waals surface area contributed by atoms with Gasteiger partial charge in [-0.05, 0) is 12.0 Å². The van der Waals surface area contributed by atoms with Crippen LogP contribution in [0.3, 0.4) is 0 Å². The van der Waals surface area contributed by atoms with Gasteiger partial charge in [-0.2, -0.15) is 0 Å². The summed E-state index contributed by atoms with van der Waals surface area (Å²) < 4.78 is 0. The third-order valence-corrected chi connectivity index (χ3v) is 2.80. The Morgan fingerprint density at radius 1 is 1.44 bits per heavy atom. The van der Waals surface area contributed by atoms with Crippen molar-refractivity contribution in [1.82, 2.24) is 0 Å². The Balaban J connectivity index is 2.44. The van der Waals surface area contributed by atoms with Crippen LogP contribution in [-0.2, 0) is 11.2 Å². The SMILES string of the molecule is CC1(C)Cc2ccc([N+](=O)[O-])cc2NC1=O. The van der Waals surface area contributed by atoms with Gasteiger partial charge in [-0.3, -0.25) is 14.9 Å². The normalized spacial score (nSPS) is 17.5. The summed E-state index contributed by atoms with van der Waals surface area (Å²) in [6.45, 7) is 3.71. The standard InChI is InChI=1S/C11H12N2O3/c1-11(2)6-7-3-4-8(13(15)16)5-9(7)12-10(11)14/h3-5H,6H2,1-2H3,(H,12,14). The highest BCUT2D eigenvalue weighted by atomic mass is 16.6. The van der Waals surface area contributed by atoms with Gasteiger partial charge in [0.1, 0.15) is 0 Å². The first-order valence-corrected chi connectivity index (χ1v) is 4.99. The van der Waals surface area contributed by atoms with Crippen LogP contribution in [0, 0.1) is 15.5 Å². The summed E-state index contributed by atoms with van der Waals surface area (Å²) in [6, 6.07) is 4.57. The second-order valence-corrected chi connectivity index (χ2v) is 4.61. The first-order chi connectivity index (χ1) is 7.40. The van der Waals surface area contributed by atoms with E-state index >= 15 is 0 Å². The number of benzene rings is 1. The molecule has 1 aromatic carbocycles. The number of carbonyl (C=O) groups excluding carboxylic acids is 1. The molecule has 1 aliphatic heterocycles. The number of carbonyl (C=O) groups is 1. The van der Waals surface area contributed by atoms with Gasteiger partial charge in [-0.15, -0.1) is 0 Å². The average molecular weight is 220 g/mol. The zero-order valence-corrected chi connectivity index (χ0v) is 9.11. The summed E-state index contributed by atoms with van der Waals surface area (Å²) >= 11 is 0. The number of hydrogen-bond donors (Lipinski definition) is 1. The molecule has 0 unspecified atom stereocenters. The summed E-state index contributed by atoms with van der Waals surface area (Å²) in [4.78, 5) is 21.8. The number of anilines is 1. The van der Waals surface area contributed by atoms with Gasteiger partial charge in [0.05, 0.1) is 10.6 Å². The maximum atomic E-state index is 11.7. The molecule has 1 aliphatic rings. The molecule has 0 saturated heterocycles. The molecule has 5 nitrogen and oxygen atoms in total. The lowest BCUT2D eigenvalue weighted by atomic mass is 9.81. The summed E-state index contributed by atoms with van der Waals surface area (Å²) in [5.74, 6) is -0.0968. The molecule has 0 spiro atoms. The van der Waals surface area contributed by atoms with E-state index in [0.29, 0.717) is 12.1 Å². The molecule has 0 aromatic heterocycles. The molecule has 0 aliphatic carbocycles. The molecule has 1 amide bonds. The summed E-state index contributed by atoms with van der Waals surface area (Å²) in [5.41, 5.74) is 1.04. The van der Waals surface area contributed by atoms with Gasteiger partial charge in [-0.25, -0.2) is 0 Å². The van der Waals surface area contributed by atoms with Crippen LogP contribution in [0.25, 0.3) is 0 Å². The maximum Gasteiger partial charge on any atom is 0.271 e. The van der Waals surface area contributed by atoms with Gasteiger partial charge in [0.25, 0.3) is 5.69 Å². The van der Waals surface area contributed by atoms with Crippen molar-refractivity contribution in [2.45, 2.75) is 20.3 Å². The highest BCUT2D eigenvalue weighted by Crippen LogP contribution is 2.34. The molecular weight excluding hydrogens is 208 g/mol. The Morgan fingerprint density at radius 3 is 2.75 bits per heavy atom. The summed E-state index contributed by atoms with van der Waals surface area (Å²) in [6.07, 6.45) is 0.603. The minimum absolute atomic E-state index is 0.00115. The van der Waals surface area contributed by atoms with Gasteiger partial charge in [-0.1, -0.05) is 19.9 Å². The number of fused-ring (bicyclic) bond motifs is 1. The highest BCUT2D eigenvalue weighted by molar-refractivity contribution is 5.98. The van der Waals surface area contributed by atoms with Gasteiger partial charge in [0.15, 0.2) is 0 Å². The zero-order valence-electron chi connectivity index (χ0n) is 9.11. The number of nitrogens with zero attached hydrogens (tertiary/aromatic N) is 1. The van der Waals surface area contributed by atoms with Crippen molar-refractivity contribution >= 4 is 17.3 Å². The molecular formula is C11H12N2O3. The minimum atomic E-state index is -0.466. The molecule has 0 radical (unpaired) electrons. The average Bonchev–Trinajstić information content (AvgIpc) is 2.18. The van der Waals surface area contributed by atoms with Crippen molar-refractivity contribution in [3.63, 3.8) is 0 Å². The highest BCUT2D eigenvalue weighted by Gasteiger charge is 2.33. The Kier molecular flexibility index (Phi) is 2.18. The number of hydrogen-bond acceptors (Lipinski definition) is 3. The third kappa shape index (κ3) is 1.64. The van der Waals surface area contributed by atoms with Crippen LogP contribution in [0.5, 0.6) is 0 Å². The van der Waals surface area contributed by atoms with Gasteiger partial charge < -0.3 is 5.32 Å². The van der Waals surface area contributed by atoms with Gasteiger partial charge in [0.2, 0.25) is 5.91 Å². The van der Waals surface area contributed by atoms with Crippen molar-refractivity contribution < 1.29 is 9.72 Å². The maximum absolute atomic E-state index is 11.7. The fourth-order valence-electron chi connectivity index (χ4n) is 1.80. The molecule has 0 bridgehead atoms. The molecule has 0 saturated carbocycles. The predicted molar refractivity (Wildman–Crippen MR) is 59.2 cm³/mol. The van der Waals surface area contributed by atoms with Crippen LogP contribution in [-0.4, -0.2) is 10.8 Å². The van der Waals surface area contributed by atoms with Crippen molar-refractivity contribution in [3.05, 3.63) is 33.9 Å². The van der Waals surface area contributed by atoms with Gasteiger partial charge >= 0.3 is 0 Å². The number of amides is 1. The van der Waals surface area contributed by atoms with Crippen LogP contribution >= 0.6 is 0 Å². The molecule has 1 heterocycles. The van der Waals surface area contributed by atoms with E-state index in [4.69, 9.17) is 0 Å². The third-order valence-electron chi connectivity index (χ3n) is 2.80. The minimum Gasteiger partial charge on any atom is -0.325 e. The van der Waals surface area contributed by atoms with E-state index in [1.54, 1.807) is 6.07 Å². The molecule has 84 valence electrons. The second kappa shape index (κ2) is 3.30. The van der Waals surface area contributed by atoms with Crippen molar-refractivity contribution in [2.24, 2.45) is 5.41 Å². The van der Waals surface area contributed by atoms with Crippen LogP contribution in [0.2, 0.25) is 0 Å². The molecule has 0 fully saturated rings. The zero-order chi connectivity index (χ0) is 11.9. The Bertz CT molecular complexity index is 480. The lowest BCUT2D eigenvalue weighted by molar-refractivity contribution is -0.384. The van der Waals surface area contributed by atoms with Crippen LogP contribution in [0.4, 0.5) is 11.4 Å². The molecule has 16 heavy (non-hydrogen) atoms. The van der Waals surface area contributed by atoms with Crippen molar-refractivity contribution in [3.8, 4) is 0 Å². The Hall–Kier alpha value is -1.91. The van der Waals surface area contributed by atoms with Crippen molar-refractivity contribution in [2.75, 3.05) is 5.32 Å². The lowest BCUT2D eigenvalue weighted by Gasteiger charge is -2.30. The molecule has 1 aromatic rings. The van der Waals surface area contributed by atoms with Crippen LogP contribution in [0.1, 0.15) is 19.4 Å². The van der Waals surface area contributed by atoms with E-state index in [2.05, 4.69) is 5.32 Å². The first-order valence-electron chi connectivity index (χ1n) is 4.99. The topological polar surface area (TPSA) is 72.2 Å². The Morgan fingerprint density at radius 2 is 2.12 bits per heavy atom. The number of nitro benzene ring substituents is 1. The second-order valence-electron chi connectivity index (χ2n) is 4.61. The number of non-ortho nitro benzene ring substituents is 1. The molecule has 5 heteroatoms. The fraction of sp³-hybridized carbons (Fsp3) is 0.364. The smallest absolute Gasteiger partial charge is 0.271 e. The van der Waals surface area contributed by atoms with Crippen LogP contribution < -0.4 is 5.32 Å². The lowest BCUT2D eigenvalue weighted by Crippen LogP contribution is -2.37. The van der Waals surface area contributed by atoms with E-state index in [0.717, 1.165) is 5.56 Å². The quantitative estimate of drug-likeness (QED) is 0.582. The number of nitrogens with one attached hydrogen (secondary N) is 1. The number of nitro groups is 1. The van der Waals surface area contributed by atoms with E-state index in [1.165, 1.54) is 12.1 Å². The van der Waals surface area contributed by atoms with E-state index in [-0.39, 0.29) is 11.6 Å². The fourth-order valence-corrected chi connectivity index (χ4v) is 1.80. The molecule has 2 rings (SSSR count). The van der Waals surface area contributed by atoms with E-state index < -0.39 is 10.3 Å². The van der Waals surface area contributed by atoms with E-state index in [9.17, 15) is 14.9 Å². The predicted octanol–water partition coefficient (Wildman–Crippen LogP) is 2.12. The first kappa shape index (κ1) is 10.6. The molecule has 1 N–H and O–H groups in total. The van der Waals surface area contributed by atoms with Crippen LogP contribution in [0.15, 0.2) is 18.2 Å². The monoisotopic (exact) mass is 220 g/mol. The van der Waals surface area contributed by atoms with E-state index in [1.807, 2.05) is 13.8 Å². The largest absolute Gasteiger partial charge is 0.325 e. The number of rotatable bonds is 1.